The lowest BCUT2D eigenvalue weighted by Crippen LogP contribution is -2.88. The number of hydrogen-bond donors (Lipinski definition) is 2. The van der Waals surface area contributed by atoms with Crippen molar-refractivity contribution in [2.24, 2.45) is 22.7 Å². The fraction of sp³-hybridized carbons (Fsp3) is 0.556. The van der Waals surface area contributed by atoms with Crippen LogP contribution >= 0.6 is 0 Å². The van der Waals surface area contributed by atoms with Gasteiger partial charge in [-0.1, -0.05) is 0 Å². The quantitative estimate of drug-likeness (QED) is 0.451. The molecule has 2 saturated heterocycles. The van der Waals surface area contributed by atoms with E-state index in [1.54, 1.807) is 0 Å². The molecule has 0 aromatic rings. The topological polar surface area (TPSA) is 118 Å². The molecule has 4 bridgehead atoms. The van der Waals surface area contributed by atoms with Crippen LogP contribution in [0.5, 0.6) is 0 Å². The Morgan fingerprint density at radius 2 is 1.44 bits per heavy atom. The summed E-state index contributed by atoms with van der Waals surface area (Å²) in [6, 6.07) is 0. The predicted octanol–water partition coefficient (Wildman–Crippen LogP) is -1.14. The van der Waals surface area contributed by atoms with Crippen LogP contribution < -0.4 is 0 Å². The number of esters is 2. The van der Waals surface area contributed by atoms with Gasteiger partial charge in [0, 0.05) is 0 Å². The van der Waals surface area contributed by atoms with E-state index in [1.165, 1.54) is 0 Å². The van der Waals surface area contributed by atoms with Crippen molar-refractivity contribution in [3.63, 3.8) is 0 Å². The Bertz CT molecular complexity index is 426. The summed E-state index contributed by atoms with van der Waals surface area (Å²) in [7, 11) is 0. The van der Waals surface area contributed by atoms with Gasteiger partial charge < -0.3 is 14.9 Å². The van der Waals surface area contributed by atoms with Gasteiger partial charge in [-0.2, -0.15) is 0 Å². The molecule has 0 radical (unpaired) electrons. The van der Waals surface area contributed by atoms with E-state index < -0.39 is 46.5 Å². The lowest BCUT2D eigenvalue weighted by molar-refractivity contribution is -0.325. The third-order valence-electron chi connectivity index (χ3n) is 4.11. The molecule has 7 heteroatoms. The molecule has 5 fully saturated rings. The van der Waals surface area contributed by atoms with Crippen molar-refractivity contribution in [3.8, 4) is 0 Å². The number of carboxylic acids is 2. The second kappa shape index (κ2) is 2.11. The van der Waals surface area contributed by atoms with Crippen LogP contribution in [0.3, 0.4) is 0 Å². The molecular formula is C9H6O7. The molecule has 0 aromatic heterocycles. The summed E-state index contributed by atoms with van der Waals surface area (Å²) in [5.74, 6) is -7.06. The molecule has 2 heterocycles. The van der Waals surface area contributed by atoms with E-state index in [9.17, 15) is 19.2 Å². The van der Waals surface area contributed by atoms with Crippen LogP contribution in [0.2, 0.25) is 0 Å². The Hall–Kier alpha value is -1.92. The van der Waals surface area contributed by atoms with Crippen LogP contribution in [0.25, 0.3) is 0 Å². The van der Waals surface area contributed by atoms with Crippen molar-refractivity contribution in [3.05, 3.63) is 0 Å². The molecule has 2 N–H and O–H groups in total. The van der Waals surface area contributed by atoms with Gasteiger partial charge in [0.2, 0.25) is 0 Å². The van der Waals surface area contributed by atoms with Crippen molar-refractivity contribution in [2.45, 2.75) is 6.42 Å². The summed E-state index contributed by atoms with van der Waals surface area (Å²) in [6.45, 7) is 0. The van der Waals surface area contributed by atoms with E-state index in [4.69, 9.17) is 10.2 Å². The molecule has 0 unspecified atom stereocenters. The van der Waals surface area contributed by atoms with E-state index in [2.05, 4.69) is 4.74 Å². The molecule has 16 heavy (non-hydrogen) atoms. The highest BCUT2D eigenvalue weighted by Crippen LogP contribution is 2.82. The smallest absolute Gasteiger partial charge is 0.318 e. The zero-order valence-electron chi connectivity index (χ0n) is 7.80. The van der Waals surface area contributed by atoms with Gasteiger partial charge in [0.15, 0.2) is 0 Å². The number of hydrogen-bond acceptors (Lipinski definition) is 5. The maximum absolute atomic E-state index is 11.3. The molecule has 0 spiro atoms. The van der Waals surface area contributed by atoms with E-state index in [0.29, 0.717) is 0 Å². The highest BCUT2D eigenvalue weighted by Gasteiger charge is 2.96. The second-order valence-corrected chi connectivity index (χ2v) is 4.47. The summed E-state index contributed by atoms with van der Waals surface area (Å²) in [5.41, 5.74) is -3.05. The van der Waals surface area contributed by atoms with Crippen LogP contribution in [0.1, 0.15) is 6.42 Å². The molecule has 7 nitrogen and oxygen atoms in total. The molecule has 0 atom stereocenters. The Morgan fingerprint density at radius 3 is 1.75 bits per heavy atom. The molecule has 5 aliphatic rings. The Morgan fingerprint density at radius 1 is 1.06 bits per heavy atom. The van der Waals surface area contributed by atoms with Gasteiger partial charge in [-0.3, -0.25) is 19.2 Å². The first-order valence-electron chi connectivity index (χ1n) is 4.61. The average Bonchev–Trinajstić information content (AvgIpc) is 1.94. The van der Waals surface area contributed by atoms with Crippen molar-refractivity contribution >= 4 is 23.9 Å². The number of carbonyl (C=O) groups is 4. The molecule has 3 aliphatic carbocycles. The number of carboxylic acid groups (broad SMARTS) is 2. The predicted molar refractivity (Wildman–Crippen MR) is 42.8 cm³/mol. The minimum Gasteiger partial charge on any atom is -0.481 e. The number of aliphatic carboxylic acids is 2. The van der Waals surface area contributed by atoms with Gasteiger partial charge in [-0.25, -0.2) is 0 Å². The van der Waals surface area contributed by atoms with Gasteiger partial charge >= 0.3 is 23.9 Å². The molecule has 5 rings (SSSR count). The Kier molecular flexibility index (Phi) is 1.23. The van der Waals surface area contributed by atoms with Crippen LogP contribution in [0.15, 0.2) is 0 Å². The van der Waals surface area contributed by atoms with Crippen molar-refractivity contribution in [1.29, 1.82) is 0 Å². The van der Waals surface area contributed by atoms with Gasteiger partial charge in [0.25, 0.3) is 0 Å². The molecule has 0 amide bonds. The minimum atomic E-state index is -1.52. The zero-order valence-corrected chi connectivity index (χ0v) is 7.80. The van der Waals surface area contributed by atoms with E-state index in [-0.39, 0.29) is 6.42 Å². The maximum Gasteiger partial charge on any atom is 0.318 e. The van der Waals surface area contributed by atoms with E-state index in [0.717, 1.165) is 0 Å². The summed E-state index contributed by atoms with van der Waals surface area (Å²) < 4.78 is 4.29. The number of fused-ring (bicyclic) bond motifs is 2. The molecule has 3 saturated carbocycles. The van der Waals surface area contributed by atoms with E-state index >= 15 is 0 Å². The first-order chi connectivity index (χ1) is 7.39. The van der Waals surface area contributed by atoms with Crippen molar-refractivity contribution in [1.82, 2.24) is 0 Å². The SMILES string of the molecule is O=C1OC(=O)C2C3(C(=O)O)CC2(C(=O)O)C13. The highest BCUT2D eigenvalue weighted by atomic mass is 16.6. The van der Waals surface area contributed by atoms with Gasteiger partial charge in [0.05, 0.1) is 22.7 Å². The summed E-state index contributed by atoms with van der Waals surface area (Å²) >= 11 is 0. The lowest BCUT2D eigenvalue weighted by Gasteiger charge is -2.75. The van der Waals surface area contributed by atoms with Gasteiger partial charge in [0.1, 0.15) is 0 Å². The lowest BCUT2D eigenvalue weighted by atomic mass is 9.22. The van der Waals surface area contributed by atoms with Crippen LogP contribution in [-0.2, 0) is 23.9 Å². The normalized spacial score (nSPS) is 47.5. The maximum atomic E-state index is 11.3. The van der Waals surface area contributed by atoms with E-state index in [1.807, 2.05) is 0 Å². The third kappa shape index (κ3) is 0.547. The van der Waals surface area contributed by atoms with Crippen LogP contribution in [-0.4, -0.2) is 34.1 Å². The van der Waals surface area contributed by atoms with Crippen LogP contribution in [0.4, 0.5) is 0 Å². The first kappa shape index (κ1) is 9.32. The first-order valence-corrected chi connectivity index (χ1v) is 4.61. The highest BCUT2D eigenvalue weighted by molar-refractivity contribution is 6.12. The minimum absolute atomic E-state index is 0.166. The number of carbonyl (C=O) groups excluding carboxylic acids is 2. The number of rotatable bonds is 2. The fourth-order valence-corrected chi connectivity index (χ4v) is 3.49. The fourth-order valence-electron chi connectivity index (χ4n) is 3.49. The third-order valence-corrected chi connectivity index (χ3v) is 4.11. The molecule has 2 aliphatic heterocycles. The number of ether oxygens (including phenoxy) is 1. The van der Waals surface area contributed by atoms with Crippen molar-refractivity contribution in [2.75, 3.05) is 0 Å². The Balaban J connectivity index is 2.14. The zero-order chi connectivity index (χ0) is 11.9. The van der Waals surface area contributed by atoms with Crippen LogP contribution in [0, 0.1) is 22.7 Å². The second-order valence-electron chi connectivity index (χ2n) is 4.47. The summed E-state index contributed by atoms with van der Waals surface area (Å²) in [5, 5.41) is 18.0. The van der Waals surface area contributed by atoms with Gasteiger partial charge in [-0.05, 0) is 6.42 Å². The summed E-state index contributed by atoms with van der Waals surface area (Å²) in [4.78, 5) is 44.8. The molecule has 84 valence electrons. The standard InChI is InChI=1S/C9H6O7/c10-4-2-8(6(12)13)1-9(2,7(14)15)3(8)5(11)16-4/h2-3H,1H2,(H,12,13)(H,14,15). The Labute approximate surface area is 88.0 Å². The largest absolute Gasteiger partial charge is 0.481 e. The average molecular weight is 226 g/mol. The molecule has 0 aromatic carbocycles. The van der Waals surface area contributed by atoms with Crippen molar-refractivity contribution < 1.29 is 34.1 Å². The molecular weight excluding hydrogens is 220 g/mol. The summed E-state index contributed by atoms with van der Waals surface area (Å²) in [6.07, 6.45) is -0.166. The van der Waals surface area contributed by atoms with Gasteiger partial charge in [-0.15, -0.1) is 0 Å². The monoisotopic (exact) mass is 226 g/mol.